The quantitative estimate of drug-likeness (QED) is 0.731. The Balaban J connectivity index is 1.92. The second-order valence-electron chi connectivity index (χ2n) is 6.11. The number of carbonyl (C=O) groups is 1. The van der Waals surface area contributed by atoms with Crippen LogP contribution in [0.25, 0.3) is 11.0 Å². The number of nitrogens with one attached hydrogen (secondary N) is 2. The minimum Gasteiger partial charge on any atom is -0.340 e. The van der Waals surface area contributed by atoms with Crippen molar-refractivity contribution in [3.8, 4) is 0 Å². The van der Waals surface area contributed by atoms with Gasteiger partial charge in [0.25, 0.3) is 5.91 Å². The lowest BCUT2D eigenvalue weighted by Crippen LogP contribution is -2.33. The van der Waals surface area contributed by atoms with Crippen LogP contribution in [-0.2, 0) is 0 Å². The Hall–Kier alpha value is -2.21. The lowest BCUT2D eigenvalue weighted by atomic mass is 9.98. The second kappa shape index (κ2) is 6.73. The fourth-order valence-corrected chi connectivity index (χ4v) is 3.60. The van der Waals surface area contributed by atoms with E-state index in [1.54, 1.807) is 11.3 Å². The Kier molecular flexibility index (Phi) is 4.66. The van der Waals surface area contributed by atoms with Gasteiger partial charge in [-0.1, -0.05) is 32.4 Å². The zero-order valence-corrected chi connectivity index (χ0v) is 15.2. The molecule has 0 fully saturated rings. The molecule has 0 bridgehead atoms. The molecule has 3 rings (SSSR count). The summed E-state index contributed by atoms with van der Waals surface area (Å²) in [5, 5.41) is 4.03. The molecule has 1 amide bonds. The van der Waals surface area contributed by atoms with Gasteiger partial charge >= 0.3 is 0 Å². The molecular formula is C18H22N4OS. The van der Waals surface area contributed by atoms with Crippen LogP contribution in [0.3, 0.4) is 0 Å². The van der Waals surface area contributed by atoms with Crippen molar-refractivity contribution in [1.29, 1.82) is 0 Å². The van der Waals surface area contributed by atoms with Gasteiger partial charge in [-0.3, -0.25) is 4.79 Å². The van der Waals surface area contributed by atoms with Gasteiger partial charge in [-0.05, 0) is 31.9 Å². The maximum Gasteiger partial charge on any atom is 0.271 e. The first-order valence-corrected chi connectivity index (χ1v) is 9.00. The van der Waals surface area contributed by atoms with E-state index >= 15 is 0 Å². The standard InChI is InChI=1S/C18H22N4OS/c1-5-10(2)15(17-20-13-8-6-7-9-14(13)21-17)22-18(23)16-11(3)24-12(4)19-16/h6-10,15H,5H2,1-4H3,(H,20,21)(H,22,23)/t10-,15?/m0/s1. The largest absolute Gasteiger partial charge is 0.340 e. The Morgan fingerprint density at radius 1 is 1.29 bits per heavy atom. The Morgan fingerprint density at radius 2 is 2.04 bits per heavy atom. The Morgan fingerprint density at radius 3 is 2.67 bits per heavy atom. The summed E-state index contributed by atoms with van der Waals surface area (Å²) in [6, 6.07) is 7.73. The highest BCUT2D eigenvalue weighted by Crippen LogP contribution is 2.26. The fourth-order valence-electron chi connectivity index (χ4n) is 2.78. The van der Waals surface area contributed by atoms with E-state index in [1.807, 2.05) is 38.1 Å². The first-order chi connectivity index (χ1) is 11.5. The molecule has 0 radical (unpaired) electrons. The molecule has 5 nitrogen and oxygen atoms in total. The molecule has 2 atom stereocenters. The third kappa shape index (κ3) is 3.19. The average molecular weight is 342 g/mol. The third-order valence-electron chi connectivity index (χ3n) is 4.32. The van der Waals surface area contributed by atoms with Crippen LogP contribution in [0.5, 0.6) is 0 Å². The summed E-state index contributed by atoms with van der Waals surface area (Å²) in [5.74, 6) is 0.917. The topological polar surface area (TPSA) is 70.7 Å². The lowest BCUT2D eigenvalue weighted by Gasteiger charge is -2.22. The summed E-state index contributed by atoms with van der Waals surface area (Å²) in [4.78, 5) is 26.0. The van der Waals surface area contributed by atoms with E-state index in [1.165, 1.54) is 0 Å². The van der Waals surface area contributed by atoms with Crippen molar-refractivity contribution in [2.75, 3.05) is 0 Å². The van der Waals surface area contributed by atoms with Gasteiger partial charge in [-0.2, -0.15) is 0 Å². The number of H-pyrrole nitrogens is 1. The minimum atomic E-state index is -0.170. The van der Waals surface area contributed by atoms with Gasteiger partial charge in [-0.15, -0.1) is 11.3 Å². The highest BCUT2D eigenvalue weighted by atomic mass is 32.1. The van der Waals surface area contributed by atoms with Gasteiger partial charge in [0.15, 0.2) is 0 Å². The normalized spacial score (nSPS) is 13.8. The molecule has 0 saturated carbocycles. The number of benzene rings is 1. The van der Waals surface area contributed by atoms with Crippen LogP contribution < -0.4 is 5.32 Å². The number of carbonyl (C=O) groups excluding carboxylic acids is 1. The van der Waals surface area contributed by atoms with E-state index in [9.17, 15) is 4.79 Å². The van der Waals surface area contributed by atoms with Crippen LogP contribution in [0.1, 0.15) is 52.5 Å². The first-order valence-electron chi connectivity index (χ1n) is 8.19. The molecule has 0 saturated heterocycles. The number of aryl methyl sites for hydroxylation is 2. The molecule has 2 N–H and O–H groups in total. The molecule has 0 aliphatic heterocycles. The predicted octanol–water partition coefficient (Wildman–Crippen LogP) is 4.15. The van der Waals surface area contributed by atoms with Gasteiger partial charge in [0.1, 0.15) is 11.5 Å². The number of para-hydroxylation sites is 2. The number of hydrogen-bond donors (Lipinski definition) is 2. The van der Waals surface area contributed by atoms with Crippen LogP contribution in [0.4, 0.5) is 0 Å². The number of nitrogens with zero attached hydrogens (tertiary/aromatic N) is 2. The summed E-state index contributed by atoms with van der Waals surface area (Å²) >= 11 is 1.54. The minimum absolute atomic E-state index is 0.136. The predicted molar refractivity (Wildman–Crippen MR) is 97.3 cm³/mol. The molecule has 6 heteroatoms. The fraction of sp³-hybridized carbons (Fsp3) is 0.389. The van der Waals surface area contributed by atoms with Crippen molar-refractivity contribution in [3.05, 3.63) is 45.7 Å². The third-order valence-corrected chi connectivity index (χ3v) is 5.21. The SMILES string of the molecule is CC[C@H](C)C(NC(=O)c1nc(C)sc1C)c1nc2ccccc2[nH]1. The average Bonchev–Trinajstić information content (AvgIpc) is 3.14. The maximum absolute atomic E-state index is 12.7. The molecule has 0 aliphatic carbocycles. The molecule has 0 spiro atoms. The summed E-state index contributed by atoms with van der Waals surface area (Å²) in [6.07, 6.45) is 0.942. The number of aromatic amines is 1. The summed E-state index contributed by atoms with van der Waals surface area (Å²) in [6.45, 7) is 8.08. The highest BCUT2D eigenvalue weighted by Gasteiger charge is 2.25. The Bertz CT molecular complexity index is 834. The summed E-state index contributed by atoms with van der Waals surface area (Å²) in [7, 11) is 0. The monoisotopic (exact) mass is 342 g/mol. The van der Waals surface area contributed by atoms with Crippen molar-refractivity contribution in [3.63, 3.8) is 0 Å². The first kappa shape index (κ1) is 16.6. The van der Waals surface area contributed by atoms with E-state index in [4.69, 9.17) is 0 Å². The molecule has 0 aliphatic rings. The van der Waals surface area contributed by atoms with Crippen LogP contribution in [0, 0.1) is 19.8 Å². The van der Waals surface area contributed by atoms with E-state index in [0.29, 0.717) is 5.69 Å². The van der Waals surface area contributed by atoms with Crippen molar-refractivity contribution in [2.45, 2.75) is 40.2 Å². The molecule has 3 aromatic rings. The smallest absolute Gasteiger partial charge is 0.271 e. The van der Waals surface area contributed by atoms with Gasteiger partial charge in [-0.25, -0.2) is 9.97 Å². The Labute approximate surface area is 145 Å². The van der Waals surface area contributed by atoms with Gasteiger partial charge in [0, 0.05) is 4.88 Å². The number of aromatic nitrogens is 3. The highest BCUT2D eigenvalue weighted by molar-refractivity contribution is 7.11. The van der Waals surface area contributed by atoms with Crippen molar-refractivity contribution >= 4 is 28.3 Å². The molecule has 2 heterocycles. The number of imidazole rings is 1. The number of rotatable bonds is 5. The summed E-state index contributed by atoms with van der Waals surface area (Å²) in [5.41, 5.74) is 2.41. The molecule has 126 valence electrons. The van der Waals surface area contributed by atoms with E-state index in [2.05, 4.69) is 34.1 Å². The number of amides is 1. The summed E-state index contributed by atoms with van der Waals surface area (Å²) < 4.78 is 0. The van der Waals surface area contributed by atoms with Crippen molar-refractivity contribution in [1.82, 2.24) is 20.3 Å². The van der Waals surface area contributed by atoms with E-state index in [0.717, 1.165) is 33.2 Å². The molecular weight excluding hydrogens is 320 g/mol. The number of hydrogen-bond acceptors (Lipinski definition) is 4. The van der Waals surface area contributed by atoms with Crippen LogP contribution in [-0.4, -0.2) is 20.9 Å². The van der Waals surface area contributed by atoms with Crippen LogP contribution in [0.2, 0.25) is 0 Å². The van der Waals surface area contributed by atoms with E-state index < -0.39 is 0 Å². The molecule has 24 heavy (non-hydrogen) atoms. The zero-order valence-electron chi connectivity index (χ0n) is 14.4. The number of fused-ring (bicyclic) bond motifs is 1. The van der Waals surface area contributed by atoms with Gasteiger partial charge in [0.2, 0.25) is 0 Å². The molecule has 1 unspecified atom stereocenters. The van der Waals surface area contributed by atoms with Crippen molar-refractivity contribution < 1.29 is 4.79 Å². The van der Waals surface area contributed by atoms with Crippen molar-refractivity contribution in [2.24, 2.45) is 5.92 Å². The number of thiazole rings is 1. The van der Waals surface area contributed by atoms with Gasteiger partial charge in [0.05, 0.1) is 22.1 Å². The van der Waals surface area contributed by atoms with Crippen LogP contribution >= 0.6 is 11.3 Å². The van der Waals surface area contributed by atoms with Crippen LogP contribution in [0.15, 0.2) is 24.3 Å². The molecule has 2 aromatic heterocycles. The maximum atomic E-state index is 12.7. The van der Waals surface area contributed by atoms with Gasteiger partial charge < -0.3 is 10.3 Å². The zero-order chi connectivity index (χ0) is 17.3. The lowest BCUT2D eigenvalue weighted by molar-refractivity contribution is 0.0915. The second-order valence-corrected chi connectivity index (χ2v) is 7.52. The van der Waals surface area contributed by atoms with E-state index in [-0.39, 0.29) is 17.9 Å². The molecule has 1 aromatic carbocycles.